The predicted octanol–water partition coefficient (Wildman–Crippen LogP) is 5.57. The molecule has 0 atom stereocenters. The highest BCUT2D eigenvalue weighted by atomic mass is 32.2. The lowest BCUT2D eigenvalue weighted by molar-refractivity contribution is -0.113. The molecule has 0 unspecified atom stereocenters. The standard InChI is InChI=1S/C24H21N3O3S2/c1-3-30-24(29)17-9-11-18(12-10-17)27-19(28)13-31-22-21-20(16-7-5-4-6-8-16)15(2)32-23(21)26-14-25-22/h4-12,14H,3,13H2,1-2H3,(H,27,28). The average molecular weight is 464 g/mol. The van der Waals surface area contributed by atoms with E-state index in [0.29, 0.717) is 17.9 Å². The smallest absolute Gasteiger partial charge is 0.338 e. The number of benzene rings is 2. The van der Waals surface area contributed by atoms with E-state index in [0.717, 1.165) is 26.4 Å². The Morgan fingerprint density at radius 3 is 2.53 bits per heavy atom. The van der Waals surface area contributed by atoms with Gasteiger partial charge in [-0.25, -0.2) is 14.8 Å². The van der Waals surface area contributed by atoms with Gasteiger partial charge < -0.3 is 10.1 Å². The van der Waals surface area contributed by atoms with Crippen molar-refractivity contribution >= 4 is 50.9 Å². The van der Waals surface area contributed by atoms with Gasteiger partial charge in [-0.2, -0.15) is 0 Å². The minimum Gasteiger partial charge on any atom is -0.462 e. The minimum atomic E-state index is -0.381. The molecule has 4 rings (SSSR count). The number of nitrogens with one attached hydrogen (secondary N) is 1. The summed E-state index contributed by atoms with van der Waals surface area (Å²) in [6.07, 6.45) is 1.54. The first kappa shape index (κ1) is 22.0. The fraction of sp³-hybridized carbons (Fsp3) is 0.167. The van der Waals surface area contributed by atoms with Crippen LogP contribution in [0.3, 0.4) is 0 Å². The van der Waals surface area contributed by atoms with Gasteiger partial charge in [-0.1, -0.05) is 42.1 Å². The zero-order chi connectivity index (χ0) is 22.5. The third-order valence-electron chi connectivity index (χ3n) is 4.71. The Balaban J connectivity index is 1.49. The van der Waals surface area contributed by atoms with Crippen molar-refractivity contribution < 1.29 is 14.3 Å². The van der Waals surface area contributed by atoms with Crippen molar-refractivity contribution in [1.82, 2.24) is 9.97 Å². The SMILES string of the molecule is CCOC(=O)c1ccc(NC(=O)CSc2ncnc3sc(C)c(-c4ccccc4)c23)cc1. The number of aryl methyl sites for hydroxylation is 1. The van der Waals surface area contributed by atoms with E-state index in [-0.39, 0.29) is 17.6 Å². The third-order valence-corrected chi connectivity index (χ3v) is 6.71. The Bertz CT molecular complexity index is 1250. The van der Waals surface area contributed by atoms with Crippen LogP contribution in [0.15, 0.2) is 66.0 Å². The van der Waals surface area contributed by atoms with Crippen molar-refractivity contribution in [3.05, 3.63) is 71.4 Å². The van der Waals surface area contributed by atoms with Gasteiger partial charge in [0.15, 0.2) is 0 Å². The number of amides is 1. The van der Waals surface area contributed by atoms with Gasteiger partial charge in [-0.05, 0) is 43.7 Å². The van der Waals surface area contributed by atoms with Crippen LogP contribution in [0.2, 0.25) is 0 Å². The second kappa shape index (κ2) is 9.93. The van der Waals surface area contributed by atoms with Gasteiger partial charge in [0.2, 0.25) is 5.91 Å². The summed E-state index contributed by atoms with van der Waals surface area (Å²) in [5.41, 5.74) is 3.29. The molecule has 4 aromatic rings. The van der Waals surface area contributed by atoms with E-state index < -0.39 is 0 Å². The molecule has 32 heavy (non-hydrogen) atoms. The molecule has 162 valence electrons. The molecule has 0 fully saturated rings. The number of thiophene rings is 1. The molecule has 0 aliphatic carbocycles. The number of hydrogen-bond acceptors (Lipinski definition) is 7. The Morgan fingerprint density at radius 1 is 1.06 bits per heavy atom. The molecule has 0 spiro atoms. The number of carbonyl (C=O) groups is 2. The molecule has 2 heterocycles. The quantitative estimate of drug-likeness (QED) is 0.219. The Kier molecular flexibility index (Phi) is 6.82. The first-order chi connectivity index (χ1) is 15.6. The largest absolute Gasteiger partial charge is 0.462 e. The number of aromatic nitrogens is 2. The van der Waals surface area contributed by atoms with Crippen LogP contribution >= 0.6 is 23.1 Å². The molecule has 1 N–H and O–H groups in total. The molecule has 6 nitrogen and oxygen atoms in total. The normalized spacial score (nSPS) is 10.8. The zero-order valence-electron chi connectivity index (χ0n) is 17.6. The highest BCUT2D eigenvalue weighted by Crippen LogP contribution is 2.41. The number of fused-ring (bicyclic) bond motifs is 1. The highest BCUT2D eigenvalue weighted by molar-refractivity contribution is 8.00. The molecule has 0 saturated carbocycles. The summed E-state index contributed by atoms with van der Waals surface area (Å²) in [5, 5.41) is 4.62. The number of nitrogens with zero attached hydrogens (tertiary/aromatic N) is 2. The summed E-state index contributed by atoms with van der Waals surface area (Å²) in [4.78, 5) is 35.3. The van der Waals surface area contributed by atoms with Gasteiger partial charge in [0, 0.05) is 16.1 Å². The number of rotatable bonds is 7. The minimum absolute atomic E-state index is 0.154. The molecule has 8 heteroatoms. The van der Waals surface area contributed by atoms with Crippen molar-refractivity contribution in [2.24, 2.45) is 0 Å². The summed E-state index contributed by atoms with van der Waals surface area (Å²) >= 11 is 3.01. The Labute approximate surface area is 194 Å². The van der Waals surface area contributed by atoms with Crippen molar-refractivity contribution in [3.63, 3.8) is 0 Å². The van der Waals surface area contributed by atoms with Crippen LogP contribution in [0, 0.1) is 6.92 Å². The topological polar surface area (TPSA) is 81.2 Å². The van der Waals surface area contributed by atoms with E-state index in [4.69, 9.17) is 4.74 Å². The number of hydrogen-bond donors (Lipinski definition) is 1. The van der Waals surface area contributed by atoms with Crippen molar-refractivity contribution in [3.8, 4) is 11.1 Å². The summed E-state index contributed by atoms with van der Waals surface area (Å²) in [5.74, 6) is -0.331. The third kappa shape index (κ3) is 4.81. The molecule has 2 aromatic carbocycles. The van der Waals surface area contributed by atoms with Gasteiger partial charge in [0.25, 0.3) is 0 Å². The summed E-state index contributed by atoms with van der Waals surface area (Å²) < 4.78 is 4.97. The summed E-state index contributed by atoms with van der Waals surface area (Å²) in [6, 6.07) is 16.8. The maximum Gasteiger partial charge on any atom is 0.338 e. The Morgan fingerprint density at radius 2 is 1.81 bits per heavy atom. The monoisotopic (exact) mass is 463 g/mol. The summed E-state index contributed by atoms with van der Waals surface area (Å²) in [6.45, 7) is 4.16. The molecule has 2 aromatic heterocycles. The molecule has 0 radical (unpaired) electrons. The van der Waals surface area contributed by atoms with Crippen molar-refractivity contribution in [2.75, 3.05) is 17.7 Å². The lowest BCUT2D eigenvalue weighted by Crippen LogP contribution is -2.14. The van der Waals surface area contributed by atoms with Gasteiger partial charge in [-0.15, -0.1) is 11.3 Å². The van der Waals surface area contributed by atoms with Gasteiger partial charge >= 0.3 is 5.97 Å². The number of ether oxygens (including phenoxy) is 1. The van der Waals surface area contributed by atoms with Crippen LogP contribution < -0.4 is 5.32 Å². The lowest BCUT2D eigenvalue weighted by Gasteiger charge is -2.08. The highest BCUT2D eigenvalue weighted by Gasteiger charge is 2.17. The van der Waals surface area contributed by atoms with Gasteiger partial charge in [0.05, 0.1) is 23.3 Å². The van der Waals surface area contributed by atoms with Gasteiger partial charge in [-0.3, -0.25) is 4.79 Å². The molecular formula is C24H21N3O3S2. The molecule has 0 aliphatic rings. The van der Waals surface area contributed by atoms with Crippen LogP contribution in [0.5, 0.6) is 0 Å². The number of thioether (sulfide) groups is 1. The second-order valence-electron chi connectivity index (χ2n) is 6.89. The average Bonchev–Trinajstić information content (AvgIpc) is 3.15. The van der Waals surface area contributed by atoms with E-state index in [1.165, 1.54) is 16.6 Å². The lowest BCUT2D eigenvalue weighted by atomic mass is 10.0. The van der Waals surface area contributed by atoms with E-state index in [9.17, 15) is 9.59 Å². The van der Waals surface area contributed by atoms with Crippen LogP contribution in [0.4, 0.5) is 5.69 Å². The van der Waals surface area contributed by atoms with Crippen LogP contribution in [0.1, 0.15) is 22.2 Å². The van der Waals surface area contributed by atoms with Crippen molar-refractivity contribution in [1.29, 1.82) is 0 Å². The maximum atomic E-state index is 12.5. The first-order valence-corrected chi connectivity index (χ1v) is 11.9. The van der Waals surface area contributed by atoms with E-state index in [1.54, 1.807) is 48.9 Å². The van der Waals surface area contributed by atoms with E-state index in [2.05, 4.69) is 34.3 Å². The fourth-order valence-corrected chi connectivity index (χ4v) is 5.20. The molecule has 0 saturated heterocycles. The number of esters is 1. The summed E-state index contributed by atoms with van der Waals surface area (Å²) in [7, 11) is 0. The molecule has 1 amide bonds. The maximum absolute atomic E-state index is 12.5. The molecule has 0 aliphatic heterocycles. The fourth-order valence-electron chi connectivity index (χ4n) is 3.31. The predicted molar refractivity (Wildman–Crippen MR) is 129 cm³/mol. The van der Waals surface area contributed by atoms with E-state index in [1.807, 2.05) is 18.2 Å². The first-order valence-electron chi connectivity index (χ1n) is 10.1. The number of anilines is 1. The van der Waals surface area contributed by atoms with Crippen molar-refractivity contribution in [2.45, 2.75) is 18.9 Å². The molecule has 0 bridgehead atoms. The Hall–Kier alpha value is -3.23. The second-order valence-corrected chi connectivity index (χ2v) is 9.06. The number of carbonyl (C=O) groups excluding carboxylic acids is 2. The van der Waals surface area contributed by atoms with Crippen LogP contribution in [0.25, 0.3) is 21.3 Å². The zero-order valence-corrected chi connectivity index (χ0v) is 19.3. The van der Waals surface area contributed by atoms with Gasteiger partial charge in [0.1, 0.15) is 16.2 Å². The van der Waals surface area contributed by atoms with Crippen LogP contribution in [-0.4, -0.2) is 34.2 Å². The molecular weight excluding hydrogens is 442 g/mol. The van der Waals surface area contributed by atoms with Crippen LogP contribution in [-0.2, 0) is 9.53 Å². The van der Waals surface area contributed by atoms with E-state index >= 15 is 0 Å².